The van der Waals surface area contributed by atoms with Crippen LogP contribution in [0, 0.1) is 0 Å². The highest BCUT2D eigenvalue weighted by molar-refractivity contribution is 6.18. The van der Waals surface area contributed by atoms with Gasteiger partial charge in [-0.05, 0) is 43.5 Å². The van der Waals surface area contributed by atoms with Crippen LogP contribution >= 0.6 is 11.6 Å². The Balaban J connectivity index is 1.91. The van der Waals surface area contributed by atoms with Crippen LogP contribution in [0.3, 0.4) is 0 Å². The number of hydrogen-bond acceptors (Lipinski definition) is 2. The highest BCUT2D eigenvalue weighted by Crippen LogP contribution is 2.22. The number of nitrogens with zero attached hydrogens (tertiary/aromatic N) is 2. The van der Waals surface area contributed by atoms with Crippen molar-refractivity contribution in [2.24, 2.45) is 0 Å². The van der Waals surface area contributed by atoms with Crippen molar-refractivity contribution in [1.29, 1.82) is 0 Å². The van der Waals surface area contributed by atoms with Crippen molar-refractivity contribution in [1.82, 2.24) is 9.88 Å². The number of pyridine rings is 1. The summed E-state index contributed by atoms with van der Waals surface area (Å²) in [6, 6.07) is 9.72. The average molecular weight is 289 g/mol. The molecular formula is C16H17ClN2O. The number of aromatic nitrogens is 1. The van der Waals surface area contributed by atoms with Crippen molar-refractivity contribution in [2.75, 3.05) is 12.4 Å². The molecule has 3 rings (SSSR count). The minimum Gasteiger partial charge on any atom is -0.334 e. The predicted octanol–water partition coefficient (Wildman–Crippen LogP) is 3.47. The van der Waals surface area contributed by atoms with Gasteiger partial charge >= 0.3 is 0 Å². The van der Waals surface area contributed by atoms with E-state index in [1.807, 2.05) is 35.2 Å². The van der Waals surface area contributed by atoms with Gasteiger partial charge in [-0.1, -0.05) is 6.07 Å². The molecule has 0 radical (unpaired) electrons. The zero-order chi connectivity index (χ0) is 13.9. The third-order valence-electron chi connectivity index (χ3n) is 3.92. The third-order valence-corrected chi connectivity index (χ3v) is 4.27. The summed E-state index contributed by atoms with van der Waals surface area (Å²) in [7, 11) is 0. The van der Waals surface area contributed by atoms with Crippen LogP contribution < -0.4 is 0 Å². The summed E-state index contributed by atoms with van der Waals surface area (Å²) in [4.78, 5) is 18.9. The fourth-order valence-corrected chi connectivity index (χ4v) is 3.12. The molecule has 1 aromatic heterocycles. The molecule has 104 valence electrons. The first-order valence-corrected chi connectivity index (χ1v) is 7.55. The Morgan fingerprint density at radius 2 is 2.25 bits per heavy atom. The number of likely N-dealkylation sites (tertiary alicyclic amines) is 1. The Hall–Kier alpha value is -1.61. The molecule has 20 heavy (non-hydrogen) atoms. The number of rotatable bonds is 2. The van der Waals surface area contributed by atoms with Gasteiger partial charge in [-0.25, -0.2) is 0 Å². The van der Waals surface area contributed by atoms with E-state index in [1.165, 1.54) is 0 Å². The lowest BCUT2D eigenvalue weighted by Gasteiger charge is -2.34. The molecule has 3 nitrogen and oxygen atoms in total. The van der Waals surface area contributed by atoms with Gasteiger partial charge in [0.25, 0.3) is 5.91 Å². The predicted molar refractivity (Wildman–Crippen MR) is 81.1 cm³/mol. The summed E-state index contributed by atoms with van der Waals surface area (Å²) in [5, 5.41) is 0.998. The summed E-state index contributed by atoms with van der Waals surface area (Å²) in [5.74, 6) is 0.599. The van der Waals surface area contributed by atoms with Gasteiger partial charge < -0.3 is 4.90 Å². The molecule has 0 spiro atoms. The van der Waals surface area contributed by atoms with Crippen LogP contribution in [0.4, 0.5) is 0 Å². The number of carbonyl (C=O) groups excluding carboxylic acids is 1. The number of carbonyl (C=O) groups is 1. The number of benzene rings is 1. The maximum absolute atomic E-state index is 12.7. The number of halogens is 1. The molecule has 1 saturated heterocycles. The molecule has 2 aromatic rings. The Kier molecular flexibility index (Phi) is 3.88. The minimum absolute atomic E-state index is 0.0844. The highest BCUT2D eigenvalue weighted by atomic mass is 35.5. The Morgan fingerprint density at radius 3 is 3.10 bits per heavy atom. The van der Waals surface area contributed by atoms with E-state index in [0.29, 0.717) is 5.88 Å². The number of alkyl halides is 1. The second-order valence-electron chi connectivity index (χ2n) is 5.21. The lowest BCUT2D eigenvalue weighted by molar-refractivity contribution is 0.0639. The number of piperidine rings is 1. The van der Waals surface area contributed by atoms with Crippen LogP contribution in [-0.2, 0) is 0 Å². The Morgan fingerprint density at radius 1 is 1.35 bits per heavy atom. The van der Waals surface area contributed by atoms with Crippen LogP contribution in [0.5, 0.6) is 0 Å². The lowest BCUT2D eigenvalue weighted by Crippen LogP contribution is -2.44. The lowest BCUT2D eigenvalue weighted by atomic mass is 10.0. The van der Waals surface area contributed by atoms with E-state index in [0.717, 1.165) is 42.3 Å². The van der Waals surface area contributed by atoms with Gasteiger partial charge in [-0.15, -0.1) is 11.6 Å². The van der Waals surface area contributed by atoms with E-state index in [-0.39, 0.29) is 11.9 Å². The zero-order valence-electron chi connectivity index (χ0n) is 11.3. The minimum atomic E-state index is 0.0844. The number of fused-ring (bicyclic) bond motifs is 1. The van der Waals surface area contributed by atoms with Gasteiger partial charge in [0.2, 0.25) is 0 Å². The molecule has 0 bridgehead atoms. The van der Waals surface area contributed by atoms with Crippen LogP contribution in [0.25, 0.3) is 10.9 Å². The van der Waals surface area contributed by atoms with Crippen molar-refractivity contribution in [3.63, 3.8) is 0 Å². The second kappa shape index (κ2) is 5.80. The monoisotopic (exact) mass is 288 g/mol. The highest BCUT2D eigenvalue weighted by Gasteiger charge is 2.26. The second-order valence-corrected chi connectivity index (χ2v) is 5.52. The molecule has 2 heterocycles. The first-order chi connectivity index (χ1) is 9.79. The van der Waals surface area contributed by atoms with Crippen LogP contribution in [0.15, 0.2) is 36.5 Å². The van der Waals surface area contributed by atoms with Gasteiger partial charge in [-0.2, -0.15) is 0 Å². The quantitative estimate of drug-likeness (QED) is 0.793. The summed E-state index contributed by atoms with van der Waals surface area (Å²) < 4.78 is 0. The molecule has 0 aliphatic carbocycles. The average Bonchev–Trinajstić information content (AvgIpc) is 2.53. The van der Waals surface area contributed by atoms with Gasteiger partial charge in [0.15, 0.2) is 0 Å². The molecule has 0 saturated carbocycles. The fraction of sp³-hybridized carbons (Fsp3) is 0.375. The molecule has 1 aliphatic rings. The van der Waals surface area contributed by atoms with Gasteiger partial charge in [-0.3, -0.25) is 9.78 Å². The van der Waals surface area contributed by atoms with Crippen molar-refractivity contribution < 1.29 is 4.79 Å². The van der Waals surface area contributed by atoms with Gasteiger partial charge in [0.05, 0.1) is 5.52 Å². The fourth-order valence-electron chi connectivity index (χ4n) is 2.80. The largest absolute Gasteiger partial charge is 0.334 e. The summed E-state index contributed by atoms with van der Waals surface area (Å²) in [6.07, 6.45) is 4.99. The standard InChI is InChI=1S/C16H17ClN2O/c17-11-14-5-1-2-9-19(14)16(20)13-6-7-15-12(10-13)4-3-8-18-15/h3-4,6-8,10,14H,1-2,5,9,11H2. The number of hydrogen-bond donors (Lipinski definition) is 0. The summed E-state index contributed by atoms with van der Waals surface area (Å²) >= 11 is 6.00. The van der Waals surface area contributed by atoms with E-state index in [9.17, 15) is 4.79 Å². The first-order valence-electron chi connectivity index (χ1n) is 7.01. The topological polar surface area (TPSA) is 33.2 Å². The van der Waals surface area contributed by atoms with E-state index in [4.69, 9.17) is 11.6 Å². The maximum Gasteiger partial charge on any atom is 0.254 e. The molecule has 1 fully saturated rings. The normalized spacial score (nSPS) is 19.2. The van der Waals surface area contributed by atoms with E-state index >= 15 is 0 Å². The molecule has 1 amide bonds. The first kappa shape index (κ1) is 13.4. The summed E-state index contributed by atoms with van der Waals surface area (Å²) in [6.45, 7) is 0.807. The number of amides is 1. The Labute approximate surface area is 123 Å². The van der Waals surface area contributed by atoms with E-state index in [1.54, 1.807) is 6.20 Å². The molecule has 1 atom stereocenters. The molecule has 0 N–H and O–H groups in total. The molecule has 1 aliphatic heterocycles. The van der Waals surface area contributed by atoms with Gasteiger partial charge in [0, 0.05) is 35.6 Å². The molecular weight excluding hydrogens is 272 g/mol. The Bertz CT molecular complexity index is 629. The van der Waals surface area contributed by atoms with E-state index < -0.39 is 0 Å². The van der Waals surface area contributed by atoms with Crippen molar-refractivity contribution in [3.8, 4) is 0 Å². The molecule has 1 unspecified atom stereocenters. The van der Waals surface area contributed by atoms with E-state index in [2.05, 4.69) is 4.98 Å². The smallest absolute Gasteiger partial charge is 0.254 e. The maximum atomic E-state index is 12.7. The van der Waals surface area contributed by atoms with Crippen LogP contribution in [-0.4, -0.2) is 34.3 Å². The van der Waals surface area contributed by atoms with Crippen molar-refractivity contribution >= 4 is 28.4 Å². The zero-order valence-corrected chi connectivity index (χ0v) is 12.0. The van der Waals surface area contributed by atoms with Crippen molar-refractivity contribution in [2.45, 2.75) is 25.3 Å². The van der Waals surface area contributed by atoms with Crippen molar-refractivity contribution in [3.05, 3.63) is 42.1 Å². The molecule has 1 aromatic carbocycles. The third kappa shape index (κ3) is 2.50. The van der Waals surface area contributed by atoms with Crippen LogP contribution in [0.1, 0.15) is 29.6 Å². The van der Waals surface area contributed by atoms with Crippen LogP contribution in [0.2, 0.25) is 0 Å². The SMILES string of the molecule is O=C(c1ccc2ncccc2c1)N1CCCCC1CCl. The molecule has 4 heteroatoms. The summed E-state index contributed by atoms with van der Waals surface area (Å²) in [5.41, 5.74) is 1.64. The van der Waals surface area contributed by atoms with Gasteiger partial charge in [0.1, 0.15) is 0 Å².